The molecule has 4 heteroatoms. The molecule has 1 heterocycles. The number of nitrogens with two attached hydrogens (primary N) is 1. The number of nitrogens with zero attached hydrogens (tertiary/aromatic N) is 1. The van der Waals surface area contributed by atoms with Crippen molar-refractivity contribution in [2.75, 3.05) is 19.7 Å². The van der Waals surface area contributed by atoms with Crippen LogP contribution in [0.1, 0.15) is 39.0 Å². The van der Waals surface area contributed by atoms with Gasteiger partial charge in [-0.3, -0.25) is 4.79 Å². The average molecular weight is 254 g/mol. The van der Waals surface area contributed by atoms with E-state index in [0.29, 0.717) is 11.8 Å². The molecule has 18 heavy (non-hydrogen) atoms. The molecule has 1 saturated carbocycles. The zero-order chi connectivity index (χ0) is 13.1. The third kappa shape index (κ3) is 2.86. The monoisotopic (exact) mass is 254 g/mol. The van der Waals surface area contributed by atoms with Crippen LogP contribution in [0.15, 0.2) is 0 Å². The van der Waals surface area contributed by atoms with Crippen LogP contribution >= 0.6 is 0 Å². The van der Waals surface area contributed by atoms with E-state index in [2.05, 4.69) is 6.92 Å². The quantitative estimate of drug-likeness (QED) is 0.789. The smallest absolute Gasteiger partial charge is 0.227 e. The molecule has 0 radical (unpaired) electrons. The highest BCUT2D eigenvalue weighted by atomic mass is 16.3. The highest BCUT2D eigenvalue weighted by Crippen LogP contribution is 2.32. The molecule has 3 N–H and O–H groups in total. The molecule has 0 spiro atoms. The number of amides is 1. The summed E-state index contributed by atoms with van der Waals surface area (Å²) in [7, 11) is 0. The summed E-state index contributed by atoms with van der Waals surface area (Å²) in [5.74, 6) is 1.17. The first-order chi connectivity index (χ1) is 8.63. The third-order valence-electron chi connectivity index (χ3n) is 4.69. The number of aliphatic hydroxyl groups excluding tert-OH is 1. The van der Waals surface area contributed by atoms with Crippen molar-refractivity contribution in [3.63, 3.8) is 0 Å². The molecule has 1 saturated heterocycles. The summed E-state index contributed by atoms with van der Waals surface area (Å²) >= 11 is 0. The van der Waals surface area contributed by atoms with E-state index in [1.165, 1.54) is 0 Å². The van der Waals surface area contributed by atoms with Crippen molar-refractivity contribution in [1.29, 1.82) is 0 Å². The van der Waals surface area contributed by atoms with Gasteiger partial charge in [0.25, 0.3) is 0 Å². The number of likely N-dealkylation sites (tertiary alicyclic amines) is 1. The standard InChI is InChI=1S/C14H26N2O2/c1-10-3-2-4-12(15)13(10)14(18)16-7-5-11(9-16)6-8-17/h10-13,17H,2-9,15H2,1H3. The van der Waals surface area contributed by atoms with Crippen molar-refractivity contribution in [3.8, 4) is 0 Å². The minimum atomic E-state index is 0.0200. The second kappa shape index (κ2) is 6.02. The van der Waals surface area contributed by atoms with Gasteiger partial charge in [0.15, 0.2) is 0 Å². The van der Waals surface area contributed by atoms with E-state index in [1.807, 2.05) is 4.90 Å². The summed E-state index contributed by atoms with van der Waals surface area (Å²) in [6.45, 7) is 4.05. The normalized spacial score (nSPS) is 36.9. The van der Waals surface area contributed by atoms with Crippen LogP contribution in [0.5, 0.6) is 0 Å². The van der Waals surface area contributed by atoms with Gasteiger partial charge in [0.2, 0.25) is 5.91 Å². The minimum absolute atomic E-state index is 0.0200. The molecule has 0 aromatic carbocycles. The Balaban J connectivity index is 1.94. The van der Waals surface area contributed by atoms with Gasteiger partial charge in [-0.05, 0) is 37.5 Å². The van der Waals surface area contributed by atoms with Crippen molar-refractivity contribution in [3.05, 3.63) is 0 Å². The molecule has 2 rings (SSSR count). The van der Waals surface area contributed by atoms with Gasteiger partial charge in [0.05, 0.1) is 5.92 Å². The van der Waals surface area contributed by atoms with Gasteiger partial charge in [-0.25, -0.2) is 0 Å². The lowest BCUT2D eigenvalue weighted by Gasteiger charge is -2.35. The number of hydrogen-bond acceptors (Lipinski definition) is 3. The second-order valence-corrected chi connectivity index (χ2v) is 6.05. The number of rotatable bonds is 3. The Morgan fingerprint density at radius 2 is 2.17 bits per heavy atom. The van der Waals surface area contributed by atoms with Crippen molar-refractivity contribution in [2.45, 2.75) is 45.1 Å². The molecule has 4 unspecified atom stereocenters. The second-order valence-electron chi connectivity index (χ2n) is 6.05. The van der Waals surface area contributed by atoms with Crippen molar-refractivity contribution < 1.29 is 9.90 Å². The Morgan fingerprint density at radius 1 is 1.39 bits per heavy atom. The number of carbonyl (C=O) groups is 1. The van der Waals surface area contributed by atoms with Crippen LogP contribution < -0.4 is 5.73 Å². The molecule has 0 aromatic heterocycles. The molecule has 4 nitrogen and oxygen atoms in total. The lowest BCUT2D eigenvalue weighted by molar-refractivity contribution is -0.138. The molecular weight excluding hydrogens is 228 g/mol. The van der Waals surface area contributed by atoms with E-state index < -0.39 is 0 Å². The van der Waals surface area contributed by atoms with E-state index in [9.17, 15) is 4.79 Å². The maximum absolute atomic E-state index is 12.6. The summed E-state index contributed by atoms with van der Waals surface area (Å²) < 4.78 is 0. The van der Waals surface area contributed by atoms with Crippen molar-refractivity contribution in [1.82, 2.24) is 4.90 Å². The predicted octanol–water partition coefficient (Wildman–Crippen LogP) is 0.981. The SMILES string of the molecule is CC1CCCC(N)C1C(=O)N1CCC(CCO)C1. The van der Waals surface area contributed by atoms with Crippen molar-refractivity contribution >= 4 is 5.91 Å². The number of carbonyl (C=O) groups excluding carboxylic acids is 1. The molecule has 4 atom stereocenters. The van der Waals surface area contributed by atoms with Gasteiger partial charge < -0.3 is 15.7 Å². The largest absolute Gasteiger partial charge is 0.396 e. The first-order valence-electron chi connectivity index (χ1n) is 7.28. The van der Waals surface area contributed by atoms with Crippen LogP contribution in [0.3, 0.4) is 0 Å². The van der Waals surface area contributed by atoms with Gasteiger partial charge in [-0.2, -0.15) is 0 Å². The third-order valence-corrected chi connectivity index (χ3v) is 4.69. The molecule has 2 fully saturated rings. The van der Waals surface area contributed by atoms with Gasteiger partial charge >= 0.3 is 0 Å². The molecule has 2 aliphatic rings. The van der Waals surface area contributed by atoms with E-state index >= 15 is 0 Å². The van der Waals surface area contributed by atoms with Crippen LogP contribution in [0, 0.1) is 17.8 Å². The fourth-order valence-corrected chi connectivity index (χ4v) is 3.55. The highest BCUT2D eigenvalue weighted by molar-refractivity contribution is 5.80. The summed E-state index contributed by atoms with van der Waals surface area (Å²) in [5, 5.41) is 8.96. The average Bonchev–Trinajstić information content (AvgIpc) is 2.78. The first-order valence-corrected chi connectivity index (χ1v) is 7.28. The molecule has 1 amide bonds. The Labute approximate surface area is 110 Å². The van der Waals surface area contributed by atoms with Crippen LogP contribution in [0.2, 0.25) is 0 Å². The minimum Gasteiger partial charge on any atom is -0.396 e. The molecule has 1 aliphatic heterocycles. The van der Waals surface area contributed by atoms with Gasteiger partial charge in [0.1, 0.15) is 0 Å². The Hall–Kier alpha value is -0.610. The van der Waals surface area contributed by atoms with Gasteiger partial charge in [-0.1, -0.05) is 13.3 Å². The van der Waals surface area contributed by atoms with Crippen LogP contribution in [-0.2, 0) is 4.79 Å². The lowest BCUT2D eigenvalue weighted by Crippen LogP contribution is -2.48. The molecule has 1 aliphatic carbocycles. The summed E-state index contributed by atoms with van der Waals surface area (Å²) in [6, 6.07) is 0.0399. The van der Waals surface area contributed by atoms with E-state index in [0.717, 1.165) is 45.2 Å². The molecule has 0 aromatic rings. The predicted molar refractivity (Wildman–Crippen MR) is 70.9 cm³/mol. The van der Waals surface area contributed by atoms with Crippen LogP contribution in [-0.4, -0.2) is 41.7 Å². The topological polar surface area (TPSA) is 66.6 Å². The Bertz CT molecular complexity index is 286. The van der Waals surface area contributed by atoms with Gasteiger partial charge in [-0.15, -0.1) is 0 Å². The van der Waals surface area contributed by atoms with E-state index in [4.69, 9.17) is 10.8 Å². The summed E-state index contributed by atoms with van der Waals surface area (Å²) in [6.07, 6.45) is 5.10. The molecule has 0 bridgehead atoms. The summed E-state index contributed by atoms with van der Waals surface area (Å²) in [5.41, 5.74) is 6.14. The first kappa shape index (κ1) is 13.8. The zero-order valence-electron chi connectivity index (χ0n) is 11.3. The van der Waals surface area contributed by atoms with Crippen molar-refractivity contribution in [2.24, 2.45) is 23.5 Å². The lowest BCUT2D eigenvalue weighted by atomic mass is 9.76. The van der Waals surface area contributed by atoms with E-state index in [-0.39, 0.29) is 24.5 Å². The fourth-order valence-electron chi connectivity index (χ4n) is 3.55. The summed E-state index contributed by atoms with van der Waals surface area (Å²) in [4.78, 5) is 14.5. The molecule has 104 valence electrons. The van der Waals surface area contributed by atoms with Gasteiger partial charge in [0, 0.05) is 25.7 Å². The maximum atomic E-state index is 12.6. The number of hydrogen-bond donors (Lipinski definition) is 2. The Kier molecular flexibility index (Phi) is 4.62. The zero-order valence-corrected chi connectivity index (χ0v) is 11.3. The van der Waals surface area contributed by atoms with Crippen LogP contribution in [0.25, 0.3) is 0 Å². The maximum Gasteiger partial charge on any atom is 0.227 e. The Morgan fingerprint density at radius 3 is 2.83 bits per heavy atom. The fraction of sp³-hybridized carbons (Fsp3) is 0.929. The number of aliphatic hydroxyl groups is 1. The molecular formula is C14H26N2O2. The highest BCUT2D eigenvalue weighted by Gasteiger charge is 2.38. The van der Waals surface area contributed by atoms with E-state index in [1.54, 1.807) is 0 Å². The van der Waals surface area contributed by atoms with Crippen LogP contribution in [0.4, 0.5) is 0 Å².